The molecule has 0 bridgehead atoms. The predicted octanol–water partition coefficient (Wildman–Crippen LogP) is 3.37. The molecule has 1 N–H and O–H groups in total. The van der Waals surface area contributed by atoms with Crippen LogP contribution in [0.15, 0.2) is 27.8 Å². The minimum Gasteiger partial charge on any atom is -0.382 e. The van der Waals surface area contributed by atoms with Gasteiger partial charge in [0.1, 0.15) is 6.10 Å². The molecule has 0 amide bonds. The summed E-state index contributed by atoms with van der Waals surface area (Å²) in [6.45, 7) is 4.14. The summed E-state index contributed by atoms with van der Waals surface area (Å²) in [6, 6.07) is 0.296. The van der Waals surface area contributed by atoms with Crippen molar-refractivity contribution in [1.29, 1.82) is 0 Å². The lowest BCUT2D eigenvalue weighted by Gasteiger charge is -2.16. The van der Waals surface area contributed by atoms with Gasteiger partial charge in [-0.3, -0.25) is 0 Å². The largest absolute Gasteiger partial charge is 0.382 e. The maximum absolute atomic E-state index is 10.3. The van der Waals surface area contributed by atoms with Crippen molar-refractivity contribution >= 4 is 27.3 Å². The van der Waals surface area contributed by atoms with Gasteiger partial charge >= 0.3 is 0 Å². The van der Waals surface area contributed by atoms with Crippen molar-refractivity contribution in [2.75, 3.05) is 0 Å². The highest BCUT2D eigenvalue weighted by molar-refractivity contribution is 9.10. The molecule has 2 heterocycles. The van der Waals surface area contributed by atoms with E-state index in [1.807, 2.05) is 15.3 Å². The highest BCUT2D eigenvalue weighted by atomic mass is 79.9. The zero-order chi connectivity index (χ0) is 11.7. The van der Waals surface area contributed by atoms with E-state index in [9.17, 15) is 5.11 Å². The molecule has 0 aromatic carbocycles. The second kappa shape index (κ2) is 4.69. The average molecular weight is 301 g/mol. The Morgan fingerprint density at radius 3 is 2.75 bits per heavy atom. The maximum atomic E-state index is 10.3. The Kier molecular flexibility index (Phi) is 3.47. The summed E-state index contributed by atoms with van der Waals surface area (Å²) in [6.07, 6.45) is 2.85. The fraction of sp³-hybridized carbons (Fsp3) is 0.364. The fourth-order valence-electron chi connectivity index (χ4n) is 1.60. The lowest BCUT2D eigenvalue weighted by Crippen LogP contribution is -2.09. The first-order valence-electron chi connectivity index (χ1n) is 5.02. The van der Waals surface area contributed by atoms with Crippen LogP contribution in [0.1, 0.15) is 37.3 Å². The van der Waals surface area contributed by atoms with Gasteiger partial charge in [0.05, 0.1) is 18.2 Å². The fourth-order valence-corrected chi connectivity index (χ4v) is 3.14. The quantitative estimate of drug-likeness (QED) is 0.944. The Morgan fingerprint density at radius 2 is 2.19 bits per heavy atom. The van der Waals surface area contributed by atoms with Crippen LogP contribution in [0.5, 0.6) is 0 Å². The van der Waals surface area contributed by atoms with Crippen LogP contribution in [0.3, 0.4) is 0 Å². The summed E-state index contributed by atoms with van der Waals surface area (Å²) in [7, 11) is 0. The molecule has 0 aliphatic carbocycles. The van der Waals surface area contributed by atoms with Gasteiger partial charge in [0.15, 0.2) is 0 Å². The molecule has 5 heteroatoms. The summed E-state index contributed by atoms with van der Waals surface area (Å²) >= 11 is 5.00. The smallest absolute Gasteiger partial charge is 0.122 e. The van der Waals surface area contributed by atoms with E-state index in [1.165, 1.54) is 0 Å². The van der Waals surface area contributed by atoms with Crippen LogP contribution in [-0.2, 0) is 0 Å². The van der Waals surface area contributed by atoms with Gasteiger partial charge in [0.2, 0.25) is 0 Å². The van der Waals surface area contributed by atoms with Crippen LogP contribution in [0, 0.1) is 0 Å². The third-order valence-corrected chi connectivity index (χ3v) is 4.22. The molecule has 0 fully saturated rings. The SMILES string of the molecule is CC(C)n1cncc1C(O)c1cscc1Br. The molecular weight excluding hydrogens is 288 g/mol. The van der Waals surface area contributed by atoms with E-state index in [2.05, 4.69) is 34.8 Å². The molecule has 0 aliphatic heterocycles. The highest BCUT2D eigenvalue weighted by Gasteiger charge is 2.19. The van der Waals surface area contributed by atoms with E-state index in [4.69, 9.17) is 0 Å². The van der Waals surface area contributed by atoms with Crippen LogP contribution in [0.25, 0.3) is 0 Å². The first kappa shape index (κ1) is 11.8. The minimum atomic E-state index is -0.620. The number of aliphatic hydroxyl groups is 1. The molecule has 3 nitrogen and oxygen atoms in total. The molecule has 86 valence electrons. The van der Waals surface area contributed by atoms with E-state index < -0.39 is 6.10 Å². The number of imidazole rings is 1. The van der Waals surface area contributed by atoms with Gasteiger partial charge in [0, 0.05) is 21.5 Å². The topological polar surface area (TPSA) is 38.0 Å². The molecular formula is C11H13BrN2OS. The number of thiophene rings is 1. The van der Waals surface area contributed by atoms with Crippen molar-refractivity contribution < 1.29 is 5.11 Å². The second-order valence-corrected chi connectivity index (χ2v) is 5.50. The molecule has 0 aliphatic rings. The Morgan fingerprint density at radius 1 is 1.44 bits per heavy atom. The maximum Gasteiger partial charge on any atom is 0.122 e. The monoisotopic (exact) mass is 300 g/mol. The van der Waals surface area contributed by atoms with E-state index in [1.54, 1.807) is 23.9 Å². The predicted molar refractivity (Wildman–Crippen MR) is 68.7 cm³/mol. The van der Waals surface area contributed by atoms with Crippen molar-refractivity contribution in [3.63, 3.8) is 0 Å². The number of aromatic nitrogens is 2. The summed E-state index contributed by atoms with van der Waals surface area (Å²) < 4.78 is 2.93. The number of nitrogens with zero attached hydrogens (tertiary/aromatic N) is 2. The molecule has 16 heavy (non-hydrogen) atoms. The summed E-state index contributed by atoms with van der Waals surface area (Å²) in [5, 5.41) is 14.2. The minimum absolute atomic E-state index is 0.296. The van der Waals surface area contributed by atoms with E-state index in [0.717, 1.165) is 15.7 Å². The van der Waals surface area contributed by atoms with Crippen LogP contribution >= 0.6 is 27.3 Å². The van der Waals surface area contributed by atoms with Gasteiger partial charge < -0.3 is 9.67 Å². The summed E-state index contributed by atoms with van der Waals surface area (Å²) in [5.41, 5.74) is 1.72. The zero-order valence-corrected chi connectivity index (χ0v) is 11.5. The van der Waals surface area contributed by atoms with Crippen LogP contribution < -0.4 is 0 Å². The van der Waals surface area contributed by atoms with Crippen molar-refractivity contribution in [2.24, 2.45) is 0 Å². The van der Waals surface area contributed by atoms with Crippen molar-refractivity contribution in [3.05, 3.63) is 39.0 Å². The first-order chi connectivity index (χ1) is 7.61. The van der Waals surface area contributed by atoms with Crippen LogP contribution in [0.2, 0.25) is 0 Å². The van der Waals surface area contributed by atoms with Gasteiger partial charge in [-0.15, -0.1) is 0 Å². The number of halogens is 1. The summed E-state index contributed by atoms with van der Waals surface area (Å²) in [4.78, 5) is 4.10. The number of aliphatic hydroxyl groups excluding tert-OH is 1. The Hall–Kier alpha value is -0.650. The van der Waals surface area contributed by atoms with E-state index in [-0.39, 0.29) is 0 Å². The third-order valence-electron chi connectivity index (χ3n) is 2.47. The van der Waals surface area contributed by atoms with Gasteiger partial charge in [-0.05, 0) is 35.2 Å². The Labute approximate surface area is 107 Å². The lowest BCUT2D eigenvalue weighted by molar-refractivity contribution is 0.207. The zero-order valence-electron chi connectivity index (χ0n) is 9.09. The number of hydrogen-bond acceptors (Lipinski definition) is 3. The van der Waals surface area contributed by atoms with Gasteiger partial charge in [-0.2, -0.15) is 11.3 Å². The third kappa shape index (κ3) is 2.07. The van der Waals surface area contributed by atoms with Gasteiger partial charge in [-0.1, -0.05) is 0 Å². The Bertz CT molecular complexity index is 478. The average Bonchev–Trinajstić information content (AvgIpc) is 2.84. The van der Waals surface area contributed by atoms with Crippen molar-refractivity contribution in [2.45, 2.75) is 26.0 Å². The van der Waals surface area contributed by atoms with Gasteiger partial charge in [0.25, 0.3) is 0 Å². The summed E-state index contributed by atoms with van der Waals surface area (Å²) in [5.74, 6) is 0. The number of hydrogen-bond donors (Lipinski definition) is 1. The lowest BCUT2D eigenvalue weighted by atomic mass is 10.1. The second-order valence-electron chi connectivity index (χ2n) is 3.90. The molecule has 0 radical (unpaired) electrons. The van der Waals surface area contributed by atoms with E-state index >= 15 is 0 Å². The first-order valence-corrected chi connectivity index (χ1v) is 6.76. The molecule has 2 aromatic heterocycles. The molecule has 1 atom stereocenters. The van der Waals surface area contributed by atoms with E-state index in [0.29, 0.717) is 6.04 Å². The molecule has 2 rings (SSSR count). The normalized spacial score (nSPS) is 13.3. The number of rotatable bonds is 3. The van der Waals surface area contributed by atoms with Crippen LogP contribution in [-0.4, -0.2) is 14.7 Å². The van der Waals surface area contributed by atoms with Crippen molar-refractivity contribution in [3.8, 4) is 0 Å². The molecule has 0 spiro atoms. The molecule has 1 unspecified atom stereocenters. The standard InChI is InChI=1S/C11H13BrN2OS/c1-7(2)14-6-13-3-10(14)11(15)8-4-16-5-9(8)12/h3-7,11,15H,1-2H3. The highest BCUT2D eigenvalue weighted by Crippen LogP contribution is 2.32. The molecule has 0 saturated carbocycles. The van der Waals surface area contributed by atoms with Crippen LogP contribution in [0.4, 0.5) is 0 Å². The van der Waals surface area contributed by atoms with Crippen molar-refractivity contribution in [1.82, 2.24) is 9.55 Å². The molecule has 2 aromatic rings. The Balaban J connectivity index is 2.38. The van der Waals surface area contributed by atoms with Gasteiger partial charge in [-0.25, -0.2) is 4.98 Å². The molecule has 0 saturated heterocycles.